The molecule has 2 aromatic heterocycles. The lowest BCUT2D eigenvalue weighted by atomic mass is 10.0. The summed E-state index contributed by atoms with van der Waals surface area (Å²) in [6.07, 6.45) is -5.51. The molecule has 34 heavy (non-hydrogen) atoms. The van der Waals surface area contributed by atoms with E-state index in [1.807, 2.05) is 25.1 Å². The molecular formula is C23H23F3N6OS. The summed E-state index contributed by atoms with van der Waals surface area (Å²) < 4.78 is 38.0. The Balaban J connectivity index is 1.38. The summed E-state index contributed by atoms with van der Waals surface area (Å²) in [5.41, 5.74) is 9.15. The molecule has 1 fully saturated rings. The smallest absolute Gasteiger partial charge is 0.390 e. The molecule has 7 nitrogen and oxygen atoms in total. The monoisotopic (exact) mass is 488 g/mol. The molecular weight excluding hydrogens is 465 g/mol. The van der Waals surface area contributed by atoms with Crippen molar-refractivity contribution in [3.05, 3.63) is 51.5 Å². The normalized spacial score (nSPS) is 15.0. The number of alkyl halides is 3. The molecule has 1 aromatic carbocycles. The first-order valence-electron chi connectivity index (χ1n) is 10.6. The van der Waals surface area contributed by atoms with Crippen LogP contribution in [0.25, 0.3) is 10.9 Å². The number of aromatic nitrogens is 1. The van der Waals surface area contributed by atoms with Gasteiger partial charge in [0.15, 0.2) is 0 Å². The van der Waals surface area contributed by atoms with Gasteiger partial charge in [-0.3, -0.25) is 15.1 Å². The fraction of sp³-hybridized carbons (Fsp3) is 0.348. The Bertz CT molecular complexity index is 1290. The number of aromatic amines is 1. The summed E-state index contributed by atoms with van der Waals surface area (Å²) >= 11 is 0.758. The second-order valence-corrected chi connectivity index (χ2v) is 9.50. The number of carbonyl (C=O) groups is 1. The molecule has 1 aliphatic rings. The van der Waals surface area contributed by atoms with Crippen LogP contribution >= 0.6 is 11.3 Å². The van der Waals surface area contributed by atoms with Crippen molar-refractivity contribution >= 4 is 38.9 Å². The molecule has 4 rings (SSSR count). The molecule has 0 aliphatic carbocycles. The second-order valence-electron chi connectivity index (χ2n) is 8.33. The Labute approximate surface area is 198 Å². The van der Waals surface area contributed by atoms with Crippen LogP contribution in [0, 0.1) is 23.7 Å². The predicted octanol–water partition coefficient (Wildman–Crippen LogP) is 3.81. The van der Waals surface area contributed by atoms with Gasteiger partial charge in [0.1, 0.15) is 17.5 Å². The Hall–Kier alpha value is -3.36. The van der Waals surface area contributed by atoms with Gasteiger partial charge in [0, 0.05) is 54.1 Å². The SMILES string of the molecule is Cc1c(CN2CCN(C(=O)C(=N)c3cc(CC(F)(F)F)sc3N)CC2)ccc2[nH]c(C#N)cc12. The number of H-pyrrole nitrogens is 1. The van der Waals surface area contributed by atoms with Crippen LogP contribution in [0.4, 0.5) is 18.2 Å². The largest absolute Gasteiger partial charge is 0.393 e. The maximum absolute atomic E-state index is 12.8. The van der Waals surface area contributed by atoms with E-state index in [2.05, 4.69) is 16.0 Å². The van der Waals surface area contributed by atoms with E-state index in [0.717, 1.165) is 33.4 Å². The van der Waals surface area contributed by atoms with Crippen LogP contribution in [0.3, 0.4) is 0 Å². The number of amides is 1. The first-order valence-corrected chi connectivity index (χ1v) is 11.4. The number of rotatable bonds is 5. The summed E-state index contributed by atoms with van der Waals surface area (Å²) in [5, 5.41) is 18.4. The van der Waals surface area contributed by atoms with Gasteiger partial charge in [-0.05, 0) is 36.2 Å². The molecule has 0 radical (unpaired) electrons. The molecule has 4 N–H and O–H groups in total. The number of anilines is 1. The molecule has 1 aliphatic heterocycles. The Kier molecular flexibility index (Phi) is 6.38. The minimum atomic E-state index is -4.38. The van der Waals surface area contributed by atoms with Crippen LogP contribution in [-0.2, 0) is 17.8 Å². The van der Waals surface area contributed by atoms with Crippen molar-refractivity contribution in [2.24, 2.45) is 0 Å². The lowest BCUT2D eigenvalue weighted by Crippen LogP contribution is -2.50. The van der Waals surface area contributed by atoms with Crippen LogP contribution in [-0.4, -0.2) is 58.8 Å². The van der Waals surface area contributed by atoms with Gasteiger partial charge in [-0.15, -0.1) is 11.3 Å². The fourth-order valence-electron chi connectivity index (χ4n) is 4.19. The number of nitrogens with two attached hydrogens (primary N) is 1. The molecule has 1 saturated heterocycles. The highest BCUT2D eigenvalue weighted by Gasteiger charge is 2.31. The fourth-order valence-corrected chi connectivity index (χ4v) is 5.15. The molecule has 178 valence electrons. The molecule has 1 amide bonds. The van der Waals surface area contributed by atoms with E-state index < -0.39 is 18.5 Å². The van der Waals surface area contributed by atoms with Crippen LogP contribution in [0.2, 0.25) is 0 Å². The van der Waals surface area contributed by atoms with Crippen molar-refractivity contribution in [2.75, 3.05) is 31.9 Å². The van der Waals surface area contributed by atoms with Crippen LogP contribution in [0.1, 0.15) is 27.3 Å². The maximum Gasteiger partial charge on any atom is 0.393 e. The van der Waals surface area contributed by atoms with Gasteiger partial charge in [-0.25, -0.2) is 0 Å². The quantitative estimate of drug-likeness (QED) is 0.474. The Morgan fingerprint density at radius 3 is 2.62 bits per heavy atom. The maximum atomic E-state index is 12.8. The molecule has 3 heterocycles. The zero-order valence-corrected chi connectivity index (χ0v) is 19.2. The topological polar surface area (TPSA) is 113 Å². The third kappa shape index (κ3) is 4.93. The van der Waals surface area contributed by atoms with Gasteiger partial charge >= 0.3 is 6.18 Å². The van der Waals surface area contributed by atoms with E-state index in [1.165, 1.54) is 6.07 Å². The number of hydrogen-bond acceptors (Lipinski definition) is 6. The van der Waals surface area contributed by atoms with Gasteiger partial charge in [0.05, 0.1) is 11.4 Å². The standard InChI is InChI=1S/C23H23F3N6OS/c1-13-14(2-3-19-17(13)8-15(11-27)30-19)12-31-4-6-32(7-5-31)22(33)20(28)18-9-16(34-21(18)29)10-23(24,25)26/h2-3,8-9,28,30H,4-7,10,12,29H2,1H3. The number of aryl methyl sites for hydroxylation is 1. The number of nitrogens with one attached hydrogen (secondary N) is 2. The highest BCUT2D eigenvalue weighted by Crippen LogP contribution is 2.31. The number of piperazine rings is 1. The van der Waals surface area contributed by atoms with Crippen molar-refractivity contribution in [3.63, 3.8) is 0 Å². The molecule has 0 saturated carbocycles. The summed E-state index contributed by atoms with van der Waals surface area (Å²) in [6.45, 7) is 4.73. The molecule has 0 unspecified atom stereocenters. The molecule has 0 spiro atoms. The number of nitriles is 1. The Morgan fingerprint density at radius 2 is 1.97 bits per heavy atom. The van der Waals surface area contributed by atoms with E-state index in [-0.39, 0.29) is 21.2 Å². The number of thiophene rings is 1. The second kappa shape index (κ2) is 9.12. The lowest BCUT2D eigenvalue weighted by Gasteiger charge is -2.35. The predicted molar refractivity (Wildman–Crippen MR) is 125 cm³/mol. The number of benzene rings is 1. The molecule has 0 bridgehead atoms. The zero-order valence-electron chi connectivity index (χ0n) is 18.4. The van der Waals surface area contributed by atoms with Crippen LogP contribution in [0.5, 0.6) is 0 Å². The van der Waals surface area contributed by atoms with Gasteiger partial charge in [0.25, 0.3) is 5.91 Å². The lowest BCUT2D eigenvalue weighted by molar-refractivity contribution is -0.127. The number of nitrogens with zero attached hydrogens (tertiary/aromatic N) is 3. The van der Waals surface area contributed by atoms with Crippen molar-refractivity contribution < 1.29 is 18.0 Å². The minimum Gasteiger partial charge on any atom is -0.390 e. The average Bonchev–Trinajstić information content (AvgIpc) is 3.37. The van der Waals surface area contributed by atoms with E-state index in [0.29, 0.717) is 38.4 Å². The highest BCUT2D eigenvalue weighted by molar-refractivity contribution is 7.16. The zero-order chi connectivity index (χ0) is 24.6. The third-order valence-corrected chi connectivity index (χ3v) is 6.99. The van der Waals surface area contributed by atoms with E-state index in [4.69, 9.17) is 16.4 Å². The summed E-state index contributed by atoms with van der Waals surface area (Å²) in [7, 11) is 0. The van der Waals surface area contributed by atoms with Crippen molar-refractivity contribution in [3.8, 4) is 6.07 Å². The first-order chi connectivity index (χ1) is 16.1. The first kappa shape index (κ1) is 23.8. The average molecular weight is 489 g/mol. The van der Waals surface area contributed by atoms with Crippen molar-refractivity contribution in [1.29, 1.82) is 10.7 Å². The van der Waals surface area contributed by atoms with Gasteiger partial charge in [-0.1, -0.05) is 6.07 Å². The van der Waals surface area contributed by atoms with Gasteiger partial charge in [0.2, 0.25) is 0 Å². The summed E-state index contributed by atoms with van der Waals surface area (Å²) in [5.74, 6) is -0.531. The van der Waals surface area contributed by atoms with Crippen molar-refractivity contribution in [2.45, 2.75) is 26.1 Å². The number of halogens is 3. The van der Waals surface area contributed by atoms with Crippen LogP contribution < -0.4 is 5.73 Å². The van der Waals surface area contributed by atoms with E-state index >= 15 is 0 Å². The molecule has 0 atom stereocenters. The molecule has 11 heteroatoms. The van der Waals surface area contributed by atoms with E-state index in [1.54, 1.807) is 4.90 Å². The van der Waals surface area contributed by atoms with Gasteiger partial charge < -0.3 is 15.6 Å². The van der Waals surface area contributed by atoms with E-state index in [9.17, 15) is 18.0 Å². The minimum absolute atomic E-state index is 0.0148. The summed E-state index contributed by atoms with van der Waals surface area (Å²) in [6, 6.07) is 9.14. The number of fused-ring (bicyclic) bond motifs is 1. The third-order valence-electron chi connectivity index (χ3n) is 6.03. The summed E-state index contributed by atoms with van der Waals surface area (Å²) in [4.78, 5) is 19.6. The number of nitrogen functional groups attached to an aromatic ring is 1. The Morgan fingerprint density at radius 1 is 1.26 bits per heavy atom. The van der Waals surface area contributed by atoms with Gasteiger partial charge in [-0.2, -0.15) is 18.4 Å². The van der Waals surface area contributed by atoms with Crippen LogP contribution in [0.15, 0.2) is 24.3 Å². The number of hydrogen-bond donors (Lipinski definition) is 3. The molecule has 3 aromatic rings. The van der Waals surface area contributed by atoms with Crippen molar-refractivity contribution in [1.82, 2.24) is 14.8 Å². The highest BCUT2D eigenvalue weighted by atomic mass is 32.1. The number of carbonyl (C=O) groups excluding carboxylic acids is 1.